The molecule has 1 aliphatic heterocycles. The number of nitrogens with one attached hydrogen (secondary N) is 1. The van der Waals surface area contributed by atoms with Crippen LogP contribution in [0.3, 0.4) is 0 Å². The lowest BCUT2D eigenvalue weighted by Crippen LogP contribution is -2.63. The van der Waals surface area contributed by atoms with Gasteiger partial charge in [0.2, 0.25) is 5.91 Å². The van der Waals surface area contributed by atoms with E-state index in [1.54, 1.807) is 7.11 Å². The fourth-order valence-electron chi connectivity index (χ4n) is 6.05. The zero-order valence-electron chi connectivity index (χ0n) is 33.2. The second-order valence-corrected chi connectivity index (χ2v) is 13.9. The maximum Gasteiger partial charge on any atom is 0.220 e. The number of carbonyl (C=O) groups is 1. The van der Waals surface area contributed by atoms with Crippen molar-refractivity contribution in [3.63, 3.8) is 0 Å². The maximum atomic E-state index is 13.3. The number of carbonyl (C=O) groups excluding carboxylic acids is 1. The monoisotopic (exact) mass is 740 g/mol. The molecule has 1 fully saturated rings. The van der Waals surface area contributed by atoms with Crippen molar-refractivity contribution in [2.24, 2.45) is 0 Å². The molecule has 0 saturated carbocycles. The average molecular weight is 740 g/mol. The number of amides is 1. The number of methoxy groups -OCH3 is 1. The Balaban J connectivity index is 2.34. The zero-order valence-corrected chi connectivity index (χ0v) is 33.2. The molecule has 0 radical (unpaired) electrons. The first-order chi connectivity index (χ1) is 25.3. The summed E-state index contributed by atoms with van der Waals surface area (Å²) in [6.45, 7) is 13.0. The van der Waals surface area contributed by atoms with E-state index in [0.717, 1.165) is 81.9 Å². The minimum Gasteiger partial charge on any atom is -0.497 e. The molecule has 1 aliphatic rings. The first kappa shape index (κ1) is 46.3. The molecular formula is C41H73NO10. The fraction of sp³-hybridized carbons (Fsp3) is 0.829. The first-order valence-corrected chi connectivity index (χ1v) is 20.3. The van der Waals surface area contributed by atoms with E-state index >= 15 is 0 Å². The van der Waals surface area contributed by atoms with Crippen LogP contribution in [0.15, 0.2) is 24.3 Å². The van der Waals surface area contributed by atoms with E-state index in [2.05, 4.69) is 39.9 Å². The van der Waals surface area contributed by atoms with Gasteiger partial charge < -0.3 is 48.7 Å². The maximum absolute atomic E-state index is 13.3. The quantitative estimate of drug-likeness (QED) is 0.0722. The van der Waals surface area contributed by atoms with Crippen molar-refractivity contribution in [3.8, 4) is 5.75 Å². The van der Waals surface area contributed by atoms with Crippen molar-refractivity contribution in [1.29, 1.82) is 0 Å². The molecule has 0 bridgehead atoms. The second-order valence-electron chi connectivity index (χ2n) is 13.9. The number of unbranched alkanes of at least 4 members (excludes halogenated alkanes) is 6. The summed E-state index contributed by atoms with van der Waals surface area (Å²) in [6, 6.07) is 6.70. The lowest BCUT2D eigenvalue weighted by molar-refractivity contribution is -0.325. The third-order valence-electron chi connectivity index (χ3n) is 9.44. The number of aliphatic hydroxyl groups excluding tert-OH is 2. The molecule has 8 atom stereocenters. The topological polar surface area (TPSA) is 134 Å². The van der Waals surface area contributed by atoms with Gasteiger partial charge in [-0.15, -0.1) is 0 Å². The number of aryl methyl sites for hydroxylation is 1. The first-order valence-electron chi connectivity index (χ1n) is 20.3. The van der Waals surface area contributed by atoms with E-state index in [1.807, 2.05) is 24.3 Å². The summed E-state index contributed by atoms with van der Waals surface area (Å²) < 4.78 is 44.0. The van der Waals surface area contributed by atoms with E-state index in [1.165, 1.54) is 0 Å². The van der Waals surface area contributed by atoms with E-state index in [4.69, 9.17) is 33.2 Å². The molecule has 3 N–H and O–H groups in total. The van der Waals surface area contributed by atoms with Crippen LogP contribution in [-0.2, 0) is 39.6 Å². The highest BCUT2D eigenvalue weighted by atomic mass is 16.7. The molecule has 1 aromatic carbocycles. The molecule has 1 amide bonds. The van der Waals surface area contributed by atoms with Crippen LogP contribution in [0, 0.1) is 0 Å². The van der Waals surface area contributed by atoms with Gasteiger partial charge in [-0.2, -0.15) is 0 Å². The third kappa shape index (κ3) is 17.5. The van der Waals surface area contributed by atoms with Gasteiger partial charge in [0.25, 0.3) is 0 Å². The number of hydrogen-bond donors (Lipinski definition) is 3. The van der Waals surface area contributed by atoms with Crippen LogP contribution in [0.5, 0.6) is 5.75 Å². The molecule has 0 spiro atoms. The number of hydrogen-bond acceptors (Lipinski definition) is 10. The Bertz CT molecular complexity index is 1010. The van der Waals surface area contributed by atoms with Crippen LogP contribution in [0.25, 0.3) is 0 Å². The Morgan fingerprint density at radius 3 is 1.92 bits per heavy atom. The number of ether oxygens (including phenoxy) is 7. The summed E-state index contributed by atoms with van der Waals surface area (Å²) in [5.41, 5.74) is 0.989. The van der Waals surface area contributed by atoms with Gasteiger partial charge in [-0.1, -0.05) is 91.7 Å². The Morgan fingerprint density at radius 2 is 1.33 bits per heavy atom. The summed E-state index contributed by atoms with van der Waals surface area (Å²) >= 11 is 0. The summed E-state index contributed by atoms with van der Waals surface area (Å²) in [7, 11) is 1.62. The zero-order chi connectivity index (χ0) is 38.0. The molecule has 2 rings (SSSR count). The van der Waals surface area contributed by atoms with Gasteiger partial charge in [-0.25, -0.2) is 0 Å². The molecule has 1 saturated heterocycles. The van der Waals surface area contributed by atoms with Crippen molar-refractivity contribution in [2.45, 2.75) is 173 Å². The number of benzene rings is 1. The van der Waals surface area contributed by atoms with Gasteiger partial charge in [0, 0.05) is 32.8 Å². The molecule has 11 heteroatoms. The normalized spacial score (nSPS) is 22.2. The van der Waals surface area contributed by atoms with Gasteiger partial charge in [-0.3, -0.25) is 4.79 Å². The van der Waals surface area contributed by atoms with Gasteiger partial charge >= 0.3 is 0 Å². The van der Waals surface area contributed by atoms with Gasteiger partial charge in [-0.05, 0) is 56.2 Å². The van der Waals surface area contributed by atoms with Crippen LogP contribution in [0.2, 0.25) is 0 Å². The summed E-state index contributed by atoms with van der Waals surface area (Å²) in [6.07, 6.45) is 6.13. The summed E-state index contributed by atoms with van der Waals surface area (Å²) in [4.78, 5) is 13.3. The molecule has 1 aromatic rings. The molecule has 11 nitrogen and oxygen atoms in total. The van der Waals surface area contributed by atoms with Crippen molar-refractivity contribution >= 4 is 5.91 Å². The van der Waals surface area contributed by atoms with Crippen LogP contribution < -0.4 is 10.1 Å². The van der Waals surface area contributed by atoms with Gasteiger partial charge in [0.05, 0.1) is 32.5 Å². The SMILES string of the molecule is CCCCC[C@@H](O)[C@@H](O)[C@H](COC1OC(COCCCC)C(OCCCC)C(OCCCC)C1OCCCC)NC(=O)CCc1ccc(OC)cc1. The van der Waals surface area contributed by atoms with E-state index in [0.29, 0.717) is 45.9 Å². The summed E-state index contributed by atoms with van der Waals surface area (Å²) in [5, 5.41) is 25.4. The van der Waals surface area contributed by atoms with Crippen LogP contribution in [0.1, 0.15) is 124 Å². The lowest BCUT2D eigenvalue weighted by atomic mass is 9.97. The number of aliphatic hydroxyl groups is 2. The largest absolute Gasteiger partial charge is 0.497 e. The highest BCUT2D eigenvalue weighted by Gasteiger charge is 2.49. The molecule has 5 unspecified atom stereocenters. The molecule has 302 valence electrons. The minimum atomic E-state index is -1.25. The van der Waals surface area contributed by atoms with Crippen LogP contribution in [-0.4, -0.2) is 112 Å². The predicted octanol–water partition coefficient (Wildman–Crippen LogP) is 6.53. The molecule has 52 heavy (non-hydrogen) atoms. The van der Waals surface area contributed by atoms with E-state index in [9.17, 15) is 15.0 Å². The highest BCUT2D eigenvalue weighted by Crippen LogP contribution is 2.30. The van der Waals surface area contributed by atoms with Gasteiger partial charge in [0.15, 0.2) is 6.29 Å². The van der Waals surface area contributed by atoms with Crippen molar-refractivity contribution in [1.82, 2.24) is 5.32 Å². The van der Waals surface area contributed by atoms with Crippen molar-refractivity contribution < 1.29 is 48.2 Å². The Morgan fingerprint density at radius 1 is 0.750 bits per heavy atom. The highest BCUT2D eigenvalue weighted by molar-refractivity contribution is 5.76. The van der Waals surface area contributed by atoms with Crippen molar-refractivity contribution in [3.05, 3.63) is 29.8 Å². The molecule has 0 aromatic heterocycles. The Hall–Kier alpha value is -1.83. The second kappa shape index (κ2) is 28.6. The Kier molecular flexibility index (Phi) is 25.5. The minimum absolute atomic E-state index is 0.106. The Labute approximate surface area is 314 Å². The fourth-order valence-corrected chi connectivity index (χ4v) is 6.05. The number of rotatable bonds is 31. The van der Waals surface area contributed by atoms with Crippen LogP contribution >= 0.6 is 0 Å². The predicted molar refractivity (Wildman–Crippen MR) is 204 cm³/mol. The smallest absolute Gasteiger partial charge is 0.220 e. The van der Waals surface area contributed by atoms with E-state index < -0.39 is 49.0 Å². The van der Waals surface area contributed by atoms with Crippen molar-refractivity contribution in [2.75, 3.05) is 46.8 Å². The molecular weight excluding hydrogens is 666 g/mol. The molecule has 0 aliphatic carbocycles. The average Bonchev–Trinajstić information content (AvgIpc) is 3.15. The molecule has 1 heterocycles. The standard InChI is InChI=1S/C41H73NO10/c1-7-12-17-18-34(43)37(45)33(42-36(44)24-21-31-19-22-32(46-6)23-20-31)29-51-41-40(50-28-16-11-5)39(49-27-15-10-4)38(48-26-14-9-3)35(52-41)30-47-25-13-8-2/h19-20,22-23,33-35,37-41,43,45H,7-18,21,24-30H2,1-6H3,(H,42,44)/t33-,34+,35?,37-,38?,39?,40?,41?/m0/s1. The lowest BCUT2D eigenvalue weighted by Gasteiger charge is -2.46. The van der Waals surface area contributed by atoms with Crippen LogP contribution in [0.4, 0.5) is 0 Å². The summed E-state index contributed by atoms with van der Waals surface area (Å²) in [5.74, 6) is 0.496. The van der Waals surface area contributed by atoms with E-state index in [-0.39, 0.29) is 18.9 Å². The van der Waals surface area contributed by atoms with Gasteiger partial charge in [0.1, 0.15) is 36.3 Å². The third-order valence-corrected chi connectivity index (χ3v) is 9.44.